The van der Waals surface area contributed by atoms with E-state index in [-0.39, 0.29) is 18.3 Å². The van der Waals surface area contributed by atoms with E-state index in [0.717, 1.165) is 0 Å². The number of hydrogen-bond donors (Lipinski definition) is 0. The van der Waals surface area contributed by atoms with Gasteiger partial charge in [0.25, 0.3) is 0 Å². The van der Waals surface area contributed by atoms with Gasteiger partial charge in [-0.05, 0) is 53.4 Å². The molecule has 0 aromatic rings. The molecule has 134 valence electrons. The molecule has 0 atom stereocenters. The van der Waals surface area contributed by atoms with Crippen molar-refractivity contribution in [1.82, 2.24) is 0 Å². The van der Waals surface area contributed by atoms with Crippen LogP contribution in [0.25, 0.3) is 0 Å². The number of unbranched alkanes of at least 4 members (excludes halogenated alkanes) is 6. The lowest BCUT2D eigenvalue weighted by Gasteiger charge is -2.32. The van der Waals surface area contributed by atoms with E-state index in [4.69, 9.17) is 9.31 Å². The molecule has 1 rings (SSSR count). The largest absolute Gasteiger partial charge is 0.487 e. The van der Waals surface area contributed by atoms with Crippen LogP contribution in [0.3, 0.4) is 0 Å². The van der Waals surface area contributed by atoms with Gasteiger partial charge in [0.2, 0.25) is 0 Å². The van der Waals surface area contributed by atoms with Crippen LogP contribution in [0.15, 0.2) is 11.5 Å². The molecule has 1 saturated heterocycles. The second kappa shape index (κ2) is 9.88. The lowest BCUT2D eigenvalue weighted by atomic mass is 9.84. The molecule has 0 aromatic carbocycles. The van der Waals surface area contributed by atoms with Crippen molar-refractivity contribution in [3.05, 3.63) is 11.5 Å². The topological polar surface area (TPSA) is 18.5 Å². The Morgan fingerprint density at radius 3 is 1.57 bits per heavy atom. The van der Waals surface area contributed by atoms with Crippen molar-refractivity contribution in [3.63, 3.8) is 0 Å². The van der Waals surface area contributed by atoms with Crippen molar-refractivity contribution >= 4 is 7.12 Å². The molecule has 0 saturated carbocycles. The standard InChI is InChI=1S/C20H39BO2/c1-7-9-11-13-15-18(16-14-12-10-8-2)17-21-22-19(3,4)20(5,6)23-21/h17H,7-16H2,1-6H3. The summed E-state index contributed by atoms with van der Waals surface area (Å²) in [5.74, 6) is 2.27. The maximum Gasteiger partial charge on any atom is 0.487 e. The molecular formula is C20H39BO2. The fraction of sp³-hybridized carbons (Fsp3) is 0.900. The third-order valence-electron chi connectivity index (χ3n) is 5.35. The van der Waals surface area contributed by atoms with E-state index in [0.29, 0.717) is 0 Å². The summed E-state index contributed by atoms with van der Waals surface area (Å²) in [5, 5.41) is 0. The Bertz CT molecular complexity index is 331. The van der Waals surface area contributed by atoms with Crippen molar-refractivity contribution in [2.75, 3.05) is 0 Å². The van der Waals surface area contributed by atoms with E-state index in [1.54, 1.807) is 0 Å². The average molecular weight is 322 g/mol. The zero-order valence-corrected chi connectivity index (χ0v) is 16.5. The highest BCUT2D eigenvalue weighted by Crippen LogP contribution is 2.37. The highest BCUT2D eigenvalue weighted by atomic mass is 16.7. The normalized spacial score (nSPS) is 19.1. The molecule has 2 nitrogen and oxygen atoms in total. The Labute approximate surface area is 145 Å². The summed E-state index contributed by atoms with van der Waals surface area (Å²) in [6.07, 6.45) is 13.0. The van der Waals surface area contributed by atoms with Crippen LogP contribution < -0.4 is 0 Å². The van der Waals surface area contributed by atoms with Crippen molar-refractivity contribution < 1.29 is 9.31 Å². The van der Waals surface area contributed by atoms with Gasteiger partial charge in [0.15, 0.2) is 0 Å². The van der Waals surface area contributed by atoms with Crippen LogP contribution in [0, 0.1) is 0 Å². The molecule has 0 bridgehead atoms. The van der Waals surface area contributed by atoms with Crippen molar-refractivity contribution in [2.45, 2.75) is 117 Å². The van der Waals surface area contributed by atoms with Gasteiger partial charge in [0.05, 0.1) is 11.2 Å². The van der Waals surface area contributed by atoms with E-state index >= 15 is 0 Å². The van der Waals surface area contributed by atoms with Crippen LogP contribution in [0.5, 0.6) is 0 Å². The second-order valence-electron chi connectivity index (χ2n) is 8.07. The molecule has 1 heterocycles. The van der Waals surface area contributed by atoms with E-state index in [9.17, 15) is 0 Å². The molecule has 0 aromatic heterocycles. The quantitative estimate of drug-likeness (QED) is 0.320. The third-order valence-corrected chi connectivity index (χ3v) is 5.35. The van der Waals surface area contributed by atoms with Crippen molar-refractivity contribution in [3.8, 4) is 0 Å². The molecule has 1 aliphatic heterocycles. The van der Waals surface area contributed by atoms with Gasteiger partial charge in [-0.25, -0.2) is 0 Å². The van der Waals surface area contributed by atoms with Gasteiger partial charge in [-0.15, -0.1) is 0 Å². The number of allylic oxidation sites excluding steroid dienone is 1. The molecular weight excluding hydrogens is 283 g/mol. The Balaban J connectivity index is 2.59. The van der Waals surface area contributed by atoms with Gasteiger partial charge in [0, 0.05) is 0 Å². The van der Waals surface area contributed by atoms with Crippen molar-refractivity contribution in [1.29, 1.82) is 0 Å². The Hall–Kier alpha value is -0.275. The minimum atomic E-state index is -0.232. The fourth-order valence-corrected chi connectivity index (χ4v) is 3.00. The highest BCUT2D eigenvalue weighted by molar-refractivity contribution is 6.51. The SMILES string of the molecule is CCCCCCC(=CB1OC(C)(C)C(C)(C)O1)CCCCCC. The number of rotatable bonds is 11. The molecule has 0 spiro atoms. The molecule has 0 N–H and O–H groups in total. The summed E-state index contributed by atoms with van der Waals surface area (Å²) >= 11 is 0. The first-order valence-corrected chi connectivity index (χ1v) is 9.87. The molecule has 0 radical (unpaired) electrons. The first-order chi connectivity index (χ1) is 10.8. The first kappa shape index (κ1) is 20.8. The van der Waals surface area contributed by atoms with Crippen LogP contribution in [-0.4, -0.2) is 18.3 Å². The Morgan fingerprint density at radius 1 is 0.739 bits per heavy atom. The summed E-state index contributed by atoms with van der Waals surface area (Å²) in [5.41, 5.74) is 1.07. The van der Waals surface area contributed by atoms with Crippen LogP contribution >= 0.6 is 0 Å². The van der Waals surface area contributed by atoms with E-state index < -0.39 is 0 Å². The minimum absolute atomic E-state index is 0.174. The Kier molecular flexibility index (Phi) is 8.93. The minimum Gasteiger partial charge on any atom is -0.400 e. The zero-order chi connectivity index (χ0) is 17.3. The summed E-state index contributed by atoms with van der Waals surface area (Å²) in [6.45, 7) is 13.1. The van der Waals surface area contributed by atoms with Crippen LogP contribution in [0.4, 0.5) is 0 Å². The predicted octanol–water partition coefficient (Wildman–Crippen LogP) is 6.49. The van der Waals surface area contributed by atoms with Gasteiger partial charge in [0.1, 0.15) is 0 Å². The van der Waals surface area contributed by atoms with Gasteiger partial charge in [-0.2, -0.15) is 0 Å². The molecule has 1 aliphatic rings. The predicted molar refractivity (Wildman–Crippen MR) is 102 cm³/mol. The molecule has 23 heavy (non-hydrogen) atoms. The van der Waals surface area contributed by atoms with Crippen LogP contribution in [0.2, 0.25) is 0 Å². The van der Waals surface area contributed by atoms with E-state index in [1.165, 1.54) is 69.8 Å². The zero-order valence-electron chi connectivity index (χ0n) is 16.5. The molecule has 0 amide bonds. The summed E-state index contributed by atoms with van der Waals surface area (Å²) in [7, 11) is -0.174. The highest BCUT2D eigenvalue weighted by Gasteiger charge is 2.50. The van der Waals surface area contributed by atoms with E-state index in [2.05, 4.69) is 47.5 Å². The maximum atomic E-state index is 6.15. The molecule has 3 heteroatoms. The first-order valence-electron chi connectivity index (χ1n) is 9.87. The monoisotopic (exact) mass is 322 g/mol. The van der Waals surface area contributed by atoms with Gasteiger partial charge in [-0.3, -0.25) is 0 Å². The number of hydrogen-bond acceptors (Lipinski definition) is 2. The summed E-state index contributed by atoms with van der Waals surface area (Å²) in [6, 6.07) is 0. The van der Waals surface area contributed by atoms with E-state index in [1.807, 2.05) is 0 Å². The summed E-state index contributed by atoms with van der Waals surface area (Å²) in [4.78, 5) is 0. The lowest BCUT2D eigenvalue weighted by Crippen LogP contribution is -2.41. The third kappa shape index (κ3) is 7.01. The smallest absolute Gasteiger partial charge is 0.400 e. The lowest BCUT2D eigenvalue weighted by molar-refractivity contribution is 0.00578. The summed E-state index contributed by atoms with van der Waals surface area (Å²) < 4.78 is 12.3. The maximum absolute atomic E-state index is 6.15. The fourth-order valence-electron chi connectivity index (χ4n) is 3.00. The second-order valence-corrected chi connectivity index (χ2v) is 8.07. The molecule has 0 unspecified atom stereocenters. The Morgan fingerprint density at radius 2 is 1.17 bits per heavy atom. The van der Waals surface area contributed by atoms with Crippen LogP contribution in [-0.2, 0) is 9.31 Å². The van der Waals surface area contributed by atoms with Gasteiger partial charge < -0.3 is 9.31 Å². The van der Waals surface area contributed by atoms with Gasteiger partial charge in [-0.1, -0.05) is 63.9 Å². The van der Waals surface area contributed by atoms with Gasteiger partial charge >= 0.3 is 7.12 Å². The molecule has 0 aliphatic carbocycles. The molecule has 1 fully saturated rings. The van der Waals surface area contributed by atoms with Crippen LogP contribution in [0.1, 0.15) is 106 Å². The average Bonchev–Trinajstić information content (AvgIpc) is 2.66. The van der Waals surface area contributed by atoms with Crippen molar-refractivity contribution in [2.24, 2.45) is 0 Å².